The lowest BCUT2D eigenvalue weighted by molar-refractivity contribution is -0.141. The van der Waals surface area contributed by atoms with Gasteiger partial charge in [-0.25, -0.2) is 9.67 Å². The molecule has 3 aromatic carbocycles. The first-order valence-electron chi connectivity index (χ1n) is 10.8. The van der Waals surface area contributed by atoms with E-state index < -0.39 is 11.9 Å². The van der Waals surface area contributed by atoms with E-state index in [0.717, 1.165) is 16.8 Å². The molecule has 0 saturated carbocycles. The van der Waals surface area contributed by atoms with Crippen LogP contribution in [0.15, 0.2) is 84.9 Å². The van der Waals surface area contributed by atoms with E-state index in [1.54, 1.807) is 28.9 Å². The molecular weight excluding hydrogens is 446 g/mol. The summed E-state index contributed by atoms with van der Waals surface area (Å²) in [4.78, 5) is 40.5. The van der Waals surface area contributed by atoms with Gasteiger partial charge in [-0.05, 0) is 29.8 Å². The lowest BCUT2D eigenvalue weighted by Gasteiger charge is -2.06. The summed E-state index contributed by atoms with van der Waals surface area (Å²) < 4.78 is 6.13. The maximum atomic E-state index is 12.9. The summed E-state index contributed by atoms with van der Waals surface area (Å²) in [6.45, 7) is -0.183. The molecule has 4 rings (SSSR count). The van der Waals surface area contributed by atoms with Gasteiger partial charge in [0.25, 0.3) is 5.91 Å². The second-order valence-electron chi connectivity index (χ2n) is 7.55. The minimum atomic E-state index is -0.518. The van der Waals surface area contributed by atoms with Gasteiger partial charge in [-0.2, -0.15) is 0 Å². The van der Waals surface area contributed by atoms with Crippen LogP contribution in [0.1, 0.15) is 16.2 Å². The first kappa shape index (κ1) is 23.4. The Kier molecular flexibility index (Phi) is 7.27. The molecule has 176 valence electrons. The van der Waals surface area contributed by atoms with Crippen molar-refractivity contribution in [2.45, 2.75) is 6.42 Å². The Labute approximate surface area is 201 Å². The highest BCUT2D eigenvalue weighted by atomic mass is 16.5. The number of amides is 2. The molecule has 9 heteroatoms. The third kappa shape index (κ3) is 5.97. The Bertz CT molecular complexity index is 1260. The Morgan fingerprint density at radius 3 is 2.20 bits per heavy atom. The quantitative estimate of drug-likeness (QED) is 0.384. The second kappa shape index (κ2) is 10.9. The first-order chi connectivity index (χ1) is 17.0. The molecule has 0 aliphatic rings. The van der Waals surface area contributed by atoms with E-state index in [4.69, 9.17) is 0 Å². The number of hydrogen-bond donors (Lipinski definition) is 2. The lowest BCUT2D eigenvalue weighted by atomic mass is 10.1. The smallest absolute Gasteiger partial charge is 0.325 e. The van der Waals surface area contributed by atoms with Crippen molar-refractivity contribution in [2.75, 3.05) is 19.0 Å². The minimum absolute atomic E-state index is 0.0268. The maximum absolute atomic E-state index is 12.9. The predicted octanol–water partition coefficient (Wildman–Crippen LogP) is 3.02. The van der Waals surface area contributed by atoms with Crippen molar-refractivity contribution in [3.05, 3.63) is 96.3 Å². The Morgan fingerprint density at radius 1 is 0.886 bits per heavy atom. The number of nitrogens with zero attached hydrogens (tertiary/aromatic N) is 3. The molecule has 35 heavy (non-hydrogen) atoms. The monoisotopic (exact) mass is 469 g/mol. The van der Waals surface area contributed by atoms with Crippen LogP contribution in [-0.4, -0.2) is 46.2 Å². The molecule has 0 radical (unpaired) electrons. The molecule has 2 amide bonds. The van der Waals surface area contributed by atoms with Crippen molar-refractivity contribution in [1.29, 1.82) is 0 Å². The van der Waals surface area contributed by atoms with E-state index in [9.17, 15) is 14.4 Å². The fourth-order valence-electron chi connectivity index (χ4n) is 3.32. The van der Waals surface area contributed by atoms with E-state index in [1.165, 1.54) is 7.11 Å². The summed E-state index contributed by atoms with van der Waals surface area (Å²) >= 11 is 0. The SMILES string of the molecule is COC(=O)CNC(=O)Cc1ccc(NC(=O)c2nc(-c3ccccc3)n(-c3ccccc3)n2)cc1. The summed E-state index contributed by atoms with van der Waals surface area (Å²) in [6, 6.07) is 25.8. The van der Waals surface area contributed by atoms with Crippen molar-refractivity contribution in [3.8, 4) is 17.1 Å². The van der Waals surface area contributed by atoms with Gasteiger partial charge in [0, 0.05) is 11.3 Å². The van der Waals surface area contributed by atoms with Crippen molar-refractivity contribution in [1.82, 2.24) is 20.1 Å². The van der Waals surface area contributed by atoms with Gasteiger partial charge in [0.15, 0.2) is 5.82 Å². The Morgan fingerprint density at radius 2 is 1.54 bits per heavy atom. The number of anilines is 1. The number of rotatable bonds is 8. The third-order valence-electron chi connectivity index (χ3n) is 5.08. The molecule has 1 heterocycles. The van der Waals surface area contributed by atoms with Crippen LogP contribution in [0.4, 0.5) is 5.69 Å². The number of carbonyl (C=O) groups excluding carboxylic acids is 3. The van der Waals surface area contributed by atoms with Crippen molar-refractivity contribution < 1.29 is 19.1 Å². The van der Waals surface area contributed by atoms with Crippen LogP contribution < -0.4 is 10.6 Å². The first-order valence-corrected chi connectivity index (χ1v) is 10.8. The molecule has 4 aromatic rings. The van der Waals surface area contributed by atoms with Crippen LogP contribution in [0.3, 0.4) is 0 Å². The van der Waals surface area contributed by atoms with Crippen LogP contribution in [0.25, 0.3) is 17.1 Å². The van der Waals surface area contributed by atoms with Crippen LogP contribution >= 0.6 is 0 Å². The summed E-state index contributed by atoms with van der Waals surface area (Å²) in [6.07, 6.45) is 0.0920. The van der Waals surface area contributed by atoms with Gasteiger partial charge in [0.1, 0.15) is 6.54 Å². The second-order valence-corrected chi connectivity index (χ2v) is 7.55. The molecule has 0 atom stereocenters. The topological polar surface area (TPSA) is 115 Å². The van der Waals surface area contributed by atoms with E-state index >= 15 is 0 Å². The largest absolute Gasteiger partial charge is 0.468 e. The molecule has 2 N–H and O–H groups in total. The van der Waals surface area contributed by atoms with Gasteiger partial charge in [0.2, 0.25) is 11.7 Å². The average Bonchev–Trinajstić information content (AvgIpc) is 3.35. The standard InChI is InChI=1S/C26H23N5O4/c1-35-23(33)17-27-22(32)16-18-12-14-20(15-13-18)28-26(34)24-29-25(19-8-4-2-5-9-19)31(30-24)21-10-6-3-7-11-21/h2-15H,16-17H2,1H3,(H,27,32)(H,28,34). The van der Waals surface area contributed by atoms with Gasteiger partial charge in [0.05, 0.1) is 19.2 Å². The Hall–Kier alpha value is -4.79. The number of aromatic nitrogens is 3. The zero-order valence-corrected chi connectivity index (χ0v) is 19.0. The van der Waals surface area contributed by atoms with Gasteiger partial charge < -0.3 is 15.4 Å². The van der Waals surface area contributed by atoms with Crippen molar-refractivity contribution >= 4 is 23.5 Å². The van der Waals surface area contributed by atoms with Gasteiger partial charge >= 0.3 is 5.97 Å². The van der Waals surface area contributed by atoms with E-state index in [-0.39, 0.29) is 24.7 Å². The zero-order valence-electron chi connectivity index (χ0n) is 19.0. The molecule has 0 bridgehead atoms. The highest BCUT2D eigenvalue weighted by molar-refractivity contribution is 6.01. The normalized spacial score (nSPS) is 10.4. The van der Waals surface area contributed by atoms with E-state index in [2.05, 4.69) is 25.5 Å². The molecule has 1 aromatic heterocycles. The van der Waals surface area contributed by atoms with Crippen LogP contribution in [-0.2, 0) is 20.7 Å². The highest BCUT2D eigenvalue weighted by Crippen LogP contribution is 2.21. The summed E-state index contributed by atoms with van der Waals surface area (Å²) in [5.41, 5.74) is 2.87. The summed E-state index contributed by atoms with van der Waals surface area (Å²) in [7, 11) is 1.26. The number of esters is 1. The molecule has 0 fully saturated rings. The van der Waals surface area contributed by atoms with E-state index in [0.29, 0.717) is 11.5 Å². The fourth-order valence-corrected chi connectivity index (χ4v) is 3.32. The van der Waals surface area contributed by atoms with Crippen LogP contribution in [0.5, 0.6) is 0 Å². The number of para-hydroxylation sites is 1. The van der Waals surface area contributed by atoms with Crippen molar-refractivity contribution in [2.24, 2.45) is 0 Å². The number of nitrogens with one attached hydrogen (secondary N) is 2. The summed E-state index contributed by atoms with van der Waals surface area (Å²) in [5.74, 6) is -0.707. The molecule has 0 saturated heterocycles. The molecule has 0 aliphatic heterocycles. The predicted molar refractivity (Wildman–Crippen MR) is 130 cm³/mol. The van der Waals surface area contributed by atoms with Gasteiger partial charge in [-0.1, -0.05) is 60.7 Å². The van der Waals surface area contributed by atoms with Crippen molar-refractivity contribution in [3.63, 3.8) is 0 Å². The summed E-state index contributed by atoms with van der Waals surface area (Å²) in [5, 5.41) is 9.73. The van der Waals surface area contributed by atoms with E-state index in [1.807, 2.05) is 60.7 Å². The lowest BCUT2D eigenvalue weighted by Crippen LogP contribution is -2.31. The molecular formula is C26H23N5O4. The number of carbonyl (C=O) groups is 3. The number of benzene rings is 3. The van der Waals surface area contributed by atoms with Crippen LogP contribution in [0, 0.1) is 0 Å². The molecule has 0 aliphatic carbocycles. The number of ether oxygens (including phenoxy) is 1. The molecule has 0 spiro atoms. The highest BCUT2D eigenvalue weighted by Gasteiger charge is 2.19. The third-order valence-corrected chi connectivity index (χ3v) is 5.08. The van der Waals surface area contributed by atoms with Crippen LogP contribution in [0.2, 0.25) is 0 Å². The maximum Gasteiger partial charge on any atom is 0.325 e. The fraction of sp³-hybridized carbons (Fsp3) is 0.115. The van der Waals surface area contributed by atoms with Gasteiger partial charge in [-0.15, -0.1) is 5.10 Å². The van der Waals surface area contributed by atoms with Gasteiger partial charge in [-0.3, -0.25) is 14.4 Å². The number of hydrogen-bond acceptors (Lipinski definition) is 6. The zero-order chi connectivity index (χ0) is 24.6. The minimum Gasteiger partial charge on any atom is -0.468 e. The Balaban J connectivity index is 1.48. The molecule has 0 unspecified atom stereocenters. The molecule has 9 nitrogen and oxygen atoms in total. The average molecular weight is 470 g/mol. The number of methoxy groups -OCH3 is 1.